The molecule has 0 saturated heterocycles. The van der Waals surface area contributed by atoms with Crippen LogP contribution in [0.5, 0.6) is 0 Å². The smallest absolute Gasteiger partial charge is 0.241 e. The molecule has 2 N–H and O–H groups in total. The van der Waals surface area contributed by atoms with E-state index >= 15 is 0 Å². The van der Waals surface area contributed by atoms with Gasteiger partial charge in [0.15, 0.2) is 0 Å². The summed E-state index contributed by atoms with van der Waals surface area (Å²) in [5.74, 6) is -0.307. The summed E-state index contributed by atoms with van der Waals surface area (Å²) in [7, 11) is -3.68. The van der Waals surface area contributed by atoms with Gasteiger partial charge in [-0.15, -0.1) is 0 Å². The average molecular weight is 314 g/mol. The van der Waals surface area contributed by atoms with Gasteiger partial charge < -0.3 is 10.0 Å². The molecule has 0 aromatic heterocycles. The van der Waals surface area contributed by atoms with Gasteiger partial charge in [-0.05, 0) is 32.4 Å². The highest BCUT2D eigenvalue weighted by Gasteiger charge is 2.20. The van der Waals surface area contributed by atoms with Gasteiger partial charge in [-0.25, -0.2) is 13.1 Å². The molecule has 0 fully saturated rings. The van der Waals surface area contributed by atoms with Crippen molar-refractivity contribution in [3.63, 3.8) is 0 Å². The molecule has 1 aromatic rings. The summed E-state index contributed by atoms with van der Waals surface area (Å²) in [5.41, 5.74) is 0. The molecule has 0 atom stereocenters. The van der Waals surface area contributed by atoms with Crippen LogP contribution in [0.2, 0.25) is 0 Å². The van der Waals surface area contributed by atoms with Crippen molar-refractivity contribution < 1.29 is 18.3 Å². The number of aliphatic hydroxyl groups is 1. The van der Waals surface area contributed by atoms with E-state index in [2.05, 4.69) is 4.72 Å². The SMILES string of the molecule is CC(C)N(CCCO)C(=O)CNS(=O)(=O)c1ccccc1. The zero-order valence-electron chi connectivity index (χ0n) is 12.3. The van der Waals surface area contributed by atoms with Gasteiger partial charge in [0, 0.05) is 19.2 Å². The summed E-state index contributed by atoms with van der Waals surface area (Å²) in [6.07, 6.45) is 0.468. The van der Waals surface area contributed by atoms with Crippen molar-refractivity contribution in [2.24, 2.45) is 0 Å². The zero-order chi connectivity index (χ0) is 15.9. The van der Waals surface area contributed by atoms with Gasteiger partial charge in [-0.2, -0.15) is 0 Å². The van der Waals surface area contributed by atoms with E-state index in [1.54, 1.807) is 23.1 Å². The van der Waals surface area contributed by atoms with Crippen molar-refractivity contribution in [3.8, 4) is 0 Å². The number of benzene rings is 1. The molecule has 7 heteroatoms. The van der Waals surface area contributed by atoms with Gasteiger partial charge in [-0.1, -0.05) is 18.2 Å². The molecule has 0 heterocycles. The molecule has 0 aliphatic rings. The summed E-state index contributed by atoms with van der Waals surface area (Å²) >= 11 is 0. The summed E-state index contributed by atoms with van der Waals surface area (Å²) in [6.45, 7) is 3.80. The fourth-order valence-electron chi connectivity index (χ4n) is 1.85. The lowest BCUT2D eigenvalue weighted by atomic mass is 10.3. The Balaban J connectivity index is 2.66. The molecule has 0 unspecified atom stereocenters. The zero-order valence-corrected chi connectivity index (χ0v) is 13.1. The van der Waals surface area contributed by atoms with E-state index < -0.39 is 10.0 Å². The highest BCUT2D eigenvalue weighted by atomic mass is 32.2. The Hall–Kier alpha value is -1.44. The van der Waals surface area contributed by atoms with Crippen molar-refractivity contribution in [2.45, 2.75) is 31.2 Å². The maximum absolute atomic E-state index is 12.1. The summed E-state index contributed by atoms with van der Waals surface area (Å²) in [6, 6.07) is 7.86. The largest absolute Gasteiger partial charge is 0.396 e. The van der Waals surface area contributed by atoms with E-state index in [0.717, 1.165) is 0 Å². The minimum atomic E-state index is -3.68. The van der Waals surface area contributed by atoms with Crippen LogP contribution >= 0.6 is 0 Å². The molecular formula is C14H22N2O4S. The predicted molar refractivity (Wildman–Crippen MR) is 80.2 cm³/mol. The number of nitrogens with one attached hydrogen (secondary N) is 1. The molecule has 1 aromatic carbocycles. The van der Waals surface area contributed by atoms with Crippen molar-refractivity contribution in [1.82, 2.24) is 9.62 Å². The molecule has 6 nitrogen and oxygen atoms in total. The van der Waals surface area contributed by atoms with Gasteiger partial charge in [0.05, 0.1) is 11.4 Å². The molecule has 0 saturated carbocycles. The second-order valence-electron chi connectivity index (χ2n) is 4.90. The van der Waals surface area contributed by atoms with Gasteiger partial charge in [-0.3, -0.25) is 4.79 Å². The Labute approximate surface area is 125 Å². The second-order valence-corrected chi connectivity index (χ2v) is 6.66. The Kier molecular flexibility index (Phi) is 6.80. The van der Waals surface area contributed by atoms with E-state index in [4.69, 9.17) is 5.11 Å². The van der Waals surface area contributed by atoms with E-state index in [-0.39, 0.29) is 30.0 Å². The molecule has 1 amide bonds. The highest BCUT2D eigenvalue weighted by molar-refractivity contribution is 7.89. The van der Waals surface area contributed by atoms with Crippen LogP contribution in [0, 0.1) is 0 Å². The number of hydrogen-bond acceptors (Lipinski definition) is 4. The lowest BCUT2D eigenvalue weighted by molar-refractivity contribution is -0.131. The maximum Gasteiger partial charge on any atom is 0.241 e. The first-order valence-electron chi connectivity index (χ1n) is 6.83. The fourth-order valence-corrected chi connectivity index (χ4v) is 2.85. The van der Waals surface area contributed by atoms with Gasteiger partial charge in [0.2, 0.25) is 15.9 Å². The topological polar surface area (TPSA) is 86.7 Å². The van der Waals surface area contributed by atoms with Crippen LogP contribution in [0.15, 0.2) is 35.2 Å². The first-order valence-corrected chi connectivity index (χ1v) is 8.32. The van der Waals surface area contributed by atoms with E-state index in [9.17, 15) is 13.2 Å². The monoisotopic (exact) mass is 314 g/mol. The molecule has 0 bridgehead atoms. The van der Waals surface area contributed by atoms with E-state index in [1.807, 2.05) is 13.8 Å². The predicted octanol–water partition coefficient (Wildman–Crippen LogP) is 0.584. The number of amides is 1. The molecule has 21 heavy (non-hydrogen) atoms. The van der Waals surface area contributed by atoms with Crippen LogP contribution in [0.3, 0.4) is 0 Å². The van der Waals surface area contributed by atoms with Gasteiger partial charge in [0.25, 0.3) is 0 Å². The van der Waals surface area contributed by atoms with E-state index in [1.165, 1.54) is 12.1 Å². The normalized spacial score (nSPS) is 11.6. The Bertz CT molecular complexity index is 543. The maximum atomic E-state index is 12.1. The van der Waals surface area contributed by atoms with Crippen molar-refractivity contribution >= 4 is 15.9 Å². The lowest BCUT2D eigenvalue weighted by Crippen LogP contribution is -2.44. The minimum absolute atomic E-state index is 0.00770. The summed E-state index contributed by atoms with van der Waals surface area (Å²) < 4.78 is 26.3. The third kappa shape index (κ3) is 5.45. The third-order valence-electron chi connectivity index (χ3n) is 2.97. The molecule has 0 spiro atoms. The van der Waals surface area contributed by atoms with Crippen LogP contribution in [-0.4, -0.2) is 50.1 Å². The second kappa shape index (κ2) is 8.11. The first-order chi connectivity index (χ1) is 9.88. The molecule has 1 rings (SSSR count). The van der Waals surface area contributed by atoms with Crippen LogP contribution < -0.4 is 4.72 Å². The number of carbonyl (C=O) groups excluding carboxylic acids is 1. The average Bonchev–Trinajstić information content (AvgIpc) is 2.46. The third-order valence-corrected chi connectivity index (χ3v) is 4.38. The number of rotatable bonds is 8. The van der Waals surface area contributed by atoms with Crippen molar-refractivity contribution in [3.05, 3.63) is 30.3 Å². The molecule has 0 aliphatic carbocycles. The first kappa shape index (κ1) is 17.6. The molecule has 118 valence electrons. The molecule has 0 radical (unpaired) electrons. The number of aliphatic hydroxyl groups excluding tert-OH is 1. The number of carbonyl (C=O) groups is 1. The lowest BCUT2D eigenvalue weighted by Gasteiger charge is -2.26. The molecule has 0 aliphatic heterocycles. The standard InChI is InChI=1S/C14H22N2O4S/c1-12(2)16(9-6-10-17)14(18)11-15-21(19,20)13-7-4-3-5-8-13/h3-5,7-8,12,15,17H,6,9-11H2,1-2H3. The fraction of sp³-hybridized carbons (Fsp3) is 0.500. The molecular weight excluding hydrogens is 292 g/mol. The minimum Gasteiger partial charge on any atom is -0.396 e. The Morgan fingerprint density at radius 1 is 1.29 bits per heavy atom. The van der Waals surface area contributed by atoms with Crippen LogP contribution in [0.4, 0.5) is 0 Å². The van der Waals surface area contributed by atoms with Crippen LogP contribution in [0.1, 0.15) is 20.3 Å². The number of hydrogen-bond donors (Lipinski definition) is 2. The van der Waals surface area contributed by atoms with E-state index in [0.29, 0.717) is 13.0 Å². The van der Waals surface area contributed by atoms with Crippen LogP contribution in [-0.2, 0) is 14.8 Å². The van der Waals surface area contributed by atoms with Crippen molar-refractivity contribution in [2.75, 3.05) is 19.7 Å². The summed E-state index contributed by atoms with van der Waals surface area (Å²) in [4.78, 5) is 13.8. The van der Waals surface area contributed by atoms with Gasteiger partial charge >= 0.3 is 0 Å². The Morgan fingerprint density at radius 3 is 2.43 bits per heavy atom. The highest BCUT2D eigenvalue weighted by Crippen LogP contribution is 2.07. The Morgan fingerprint density at radius 2 is 1.90 bits per heavy atom. The quantitative estimate of drug-likeness (QED) is 0.735. The van der Waals surface area contributed by atoms with Gasteiger partial charge in [0.1, 0.15) is 0 Å². The number of sulfonamides is 1. The van der Waals surface area contributed by atoms with Crippen LogP contribution in [0.25, 0.3) is 0 Å². The van der Waals surface area contributed by atoms with Crippen molar-refractivity contribution in [1.29, 1.82) is 0 Å². The number of nitrogens with zero attached hydrogens (tertiary/aromatic N) is 1. The summed E-state index contributed by atoms with van der Waals surface area (Å²) in [5, 5.41) is 8.84.